The number of pyridine rings is 1. The number of hydrogen-bond donors (Lipinski definition) is 3. The third-order valence-corrected chi connectivity index (χ3v) is 6.60. The molecule has 1 saturated heterocycles. The molecule has 1 aliphatic heterocycles. The van der Waals surface area contributed by atoms with E-state index in [2.05, 4.69) is 10.3 Å². The van der Waals surface area contributed by atoms with Gasteiger partial charge in [-0.2, -0.15) is 0 Å². The molecule has 2 aromatic rings. The van der Waals surface area contributed by atoms with Gasteiger partial charge in [-0.05, 0) is 30.7 Å². The maximum absolute atomic E-state index is 13.6. The van der Waals surface area contributed by atoms with E-state index in [9.17, 15) is 28.0 Å². The summed E-state index contributed by atoms with van der Waals surface area (Å²) in [5.74, 6) is -3.94. The summed E-state index contributed by atoms with van der Waals surface area (Å²) in [6.45, 7) is 0.204. The highest BCUT2D eigenvalue weighted by atomic mass is 35.5. The number of aromatic nitrogens is 1. The zero-order valence-corrected chi connectivity index (χ0v) is 20.3. The summed E-state index contributed by atoms with van der Waals surface area (Å²) in [6, 6.07) is 4.26. The van der Waals surface area contributed by atoms with E-state index in [-0.39, 0.29) is 69.5 Å². The minimum Gasteiger partial charge on any atom is -0.481 e. The van der Waals surface area contributed by atoms with Gasteiger partial charge in [-0.25, -0.2) is 8.78 Å². The molecule has 184 valence electrons. The lowest BCUT2D eigenvalue weighted by Gasteiger charge is -2.14. The van der Waals surface area contributed by atoms with Gasteiger partial charge in [0.15, 0.2) is 11.6 Å². The van der Waals surface area contributed by atoms with Crippen LogP contribution in [0.4, 0.5) is 8.78 Å². The number of halogens is 3. The molecule has 2 amide bonds. The Morgan fingerprint density at radius 2 is 1.94 bits per heavy atom. The molecule has 1 aromatic carbocycles. The number of aromatic amines is 1. The molecular weight excluding hydrogens is 524 g/mol. The van der Waals surface area contributed by atoms with Crippen molar-refractivity contribution in [2.24, 2.45) is 0 Å². The molecule has 3 rings (SSSR count). The summed E-state index contributed by atoms with van der Waals surface area (Å²) in [6.07, 6.45) is 1.50. The first-order chi connectivity index (χ1) is 16.6. The standard InChI is InChI=1S/C22H18ClF2N3O5S2/c23-20-15(27-14(9-16(20)29)11-3-4-12(24)13(25)8-11)10-17-21(33)28(22(34)35-17)7-5-18(30)26-6-1-2-19(31)32/h3-4,8-10H,1-2,5-7H2,(H,26,30)(H,27,29)(H,31,32). The minimum absolute atomic E-state index is 0.00587. The highest BCUT2D eigenvalue weighted by Gasteiger charge is 2.32. The van der Waals surface area contributed by atoms with Crippen LogP contribution in [-0.4, -0.2) is 50.2 Å². The van der Waals surface area contributed by atoms with Gasteiger partial charge < -0.3 is 15.4 Å². The number of nitrogens with zero attached hydrogens (tertiary/aromatic N) is 1. The Bertz CT molecular complexity index is 1300. The summed E-state index contributed by atoms with van der Waals surface area (Å²) >= 11 is 12.3. The SMILES string of the molecule is O=C(O)CCCNC(=O)CCN1C(=O)C(=Cc2[nH]c(-c3ccc(F)c(F)c3)cc(=O)c2Cl)SC1=S. The average Bonchev–Trinajstić information content (AvgIpc) is 3.06. The number of carbonyl (C=O) groups is 3. The van der Waals surface area contributed by atoms with Crippen molar-refractivity contribution in [3.05, 3.63) is 61.7 Å². The fourth-order valence-electron chi connectivity index (χ4n) is 3.07. The molecule has 0 atom stereocenters. The molecule has 0 saturated carbocycles. The number of hydrogen-bond acceptors (Lipinski definition) is 6. The number of benzene rings is 1. The number of thiocarbonyl (C=S) groups is 1. The van der Waals surface area contributed by atoms with Crippen molar-refractivity contribution in [3.63, 3.8) is 0 Å². The van der Waals surface area contributed by atoms with Crippen LogP contribution in [-0.2, 0) is 14.4 Å². The van der Waals surface area contributed by atoms with Crippen molar-refractivity contribution in [2.75, 3.05) is 13.1 Å². The van der Waals surface area contributed by atoms with Gasteiger partial charge in [0.1, 0.15) is 9.34 Å². The van der Waals surface area contributed by atoms with Crippen molar-refractivity contribution >= 4 is 63.8 Å². The molecule has 0 radical (unpaired) electrons. The van der Waals surface area contributed by atoms with Gasteiger partial charge in [-0.15, -0.1) is 0 Å². The van der Waals surface area contributed by atoms with Crippen LogP contribution in [0.1, 0.15) is 25.0 Å². The molecule has 1 aromatic heterocycles. The molecule has 3 N–H and O–H groups in total. The van der Waals surface area contributed by atoms with Crippen LogP contribution >= 0.6 is 35.6 Å². The summed E-state index contributed by atoms with van der Waals surface area (Å²) in [7, 11) is 0. The summed E-state index contributed by atoms with van der Waals surface area (Å²) < 4.78 is 27.1. The molecule has 0 unspecified atom stereocenters. The third kappa shape index (κ3) is 6.74. The van der Waals surface area contributed by atoms with Crippen molar-refractivity contribution in [1.82, 2.24) is 15.2 Å². The van der Waals surface area contributed by atoms with Gasteiger partial charge >= 0.3 is 5.97 Å². The van der Waals surface area contributed by atoms with Crippen LogP contribution < -0.4 is 10.7 Å². The molecule has 1 aliphatic rings. The summed E-state index contributed by atoms with van der Waals surface area (Å²) in [4.78, 5) is 51.9. The second-order valence-electron chi connectivity index (χ2n) is 7.33. The zero-order chi connectivity index (χ0) is 25.7. The van der Waals surface area contributed by atoms with E-state index in [1.165, 1.54) is 17.0 Å². The first-order valence-electron chi connectivity index (χ1n) is 10.2. The molecular formula is C22H18ClF2N3O5S2. The molecule has 0 bridgehead atoms. The van der Waals surface area contributed by atoms with Gasteiger partial charge in [0.05, 0.1) is 10.6 Å². The van der Waals surface area contributed by atoms with Crippen LogP contribution in [0.3, 0.4) is 0 Å². The van der Waals surface area contributed by atoms with Gasteiger partial charge in [-0.3, -0.25) is 24.1 Å². The molecule has 0 aliphatic carbocycles. The Morgan fingerprint density at radius 3 is 2.63 bits per heavy atom. The Balaban J connectivity index is 1.73. The Hall–Kier alpha value is -3.09. The number of amides is 2. The number of carboxylic acid groups (broad SMARTS) is 1. The van der Waals surface area contributed by atoms with E-state index < -0.39 is 28.9 Å². The van der Waals surface area contributed by atoms with E-state index in [0.717, 1.165) is 30.0 Å². The summed E-state index contributed by atoms with van der Waals surface area (Å²) in [5, 5.41) is 11.0. The van der Waals surface area contributed by atoms with Crippen LogP contribution in [0, 0.1) is 11.6 Å². The van der Waals surface area contributed by atoms with Gasteiger partial charge in [-0.1, -0.05) is 35.6 Å². The van der Waals surface area contributed by atoms with Gasteiger partial charge in [0.25, 0.3) is 5.91 Å². The quantitative estimate of drug-likeness (QED) is 0.252. The highest BCUT2D eigenvalue weighted by molar-refractivity contribution is 8.26. The number of aliphatic carboxylic acids is 1. The number of rotatable bonds is 9. The number of carbonyl (C=O) groups excluding carboxylic acids is 2. The molecule has 2 heterocycles. The van der Waals surface area contributed by atoms with Crippen LogP contribution in [0.2, 0.25) is 5.02 Å². The molecule has 0 spiro atoms. The normalized spacial score (nSPS) is 14.6. The largest absolute Gasteiger partial charge is 0.481 e. The zero-order valence-electron chi connectivity index (χ0n) is 17.9. The molecule has 8 nitrogen and oxygen atoms in total. The minimum atomic E-state index is -1.09. The second kappa shape index (κ2) is 11.6. The fraction of sp³-hybridized carbons (Fsp3) is 0.227. The van der Waals surface area contributed by atoms with Crippen molar-refractivity contribution in [3.8, 4) is 11.3 Å². The van der Waals surface area contributed by atoms with Crippen LogP contribution in [0.25, 0.3) is 17.3 Å². The molecule has 1 fully saturated rings. The number of nitrogens with one attached hydrogen (secondary N) is 2. The Labute approximate surface area is 212 Å². The maximum atomic E-state index is 13.6. The smallest absolute Gasteiger partial charge is 0.303 e. The van der Waals surface area contributed by atoms with E-state index in [4.69, 9.17) is 28.9 Å². The molecule has 35 heavy (non-hydrogen) atoms. The third-order valence-electron chi connectivity index (χ3n) is 4.83. The first-order valence-corrected chi connectivity index (χ1v) is 11.8. The predicted octanol–water partition coefficient (Wildman–Crippen LogP) is 3.55. The predicted molar refractivity (Wildman–Crippen MR) is 132 cm³/mol. The van der Waals surface area contributed by atoms with Crippen LogP contribution in [0.5, 0.6) is 0 Å². The lowest BCUT2D eigenvalue weighted by atomic mass is 10.1. The topological polar surface area (TPSA) is 120 Å². The lowest BCUT2D eigenvalue weighted by molar-refractivity contribution is -0.137. The first kappa shape index (κ1) is 26.5. The van der Waals surface area contributed by atoms with E-state index in [1.54, 1.807) is 0 Å². The lowest BCUT2D eigenvalue weighted by Crippen LogP contribution is -2.33. The van der Waals surface area contributed by atoms with Gasteiger partial charge in [0.2, 0.25) is 11.3 Å². The van der Waals surface area contributed by atoms with Crippen LogP contribution in [0.15, 0.2) is 34.0 Å². The average molecular weight is 542 g/mol. The van der Waals surface area contributed by atoms with E-state index >= 15 is 0 Å². The second-order valence-corrected chi connectivity index (χ2v) is 9.39. The monoisotopic (exact) mass is 541 g/mol. The Kier molecular flexibility index (Phi) is 8.76. The van der Waals surface area contributed by atoms with Crippen molar-refractivity contribution in [2.45, 2.75) is 19.3 Å². The summed E-state index contributed by atoms with van der Waals surface area (Å²) in [5.41, 5.74) is -0.143. The Morgan fingerprint density at radius 1 is 1.20 bits per heavy atom. The number of thioether (sulfide) groups is 1. The molecule has 13 heteroatoms. The number of H-pyrrole nitrogens is 1. The van der Waals surface area contributed by atoms with Gasteiger partial charge in [0, 0.05) is 43.3 Å². The number of carboxylic acids is 1. The van der Waals surface area contributed by atoms with Crippen molar-refractivity contribution in [1.29, 1.82) is 0 Å². The maximum Gasteiger partial charge on any atom is 0.303 e. The fourth-order valence-corrected chi connectivity index (χ4v) is 4.52. The van der Waals surface area contributed by atoms with E-state index in [0.29, 0.717) is 0 Å². The highest BCUT2D eigenvalue weighted by Crippen LogP contribution is 2.33. The van der Waals surface area contributed by atoms with E-state index in [1.807, 2.05) is 0 Å². The van der Waals surface area contributed by atoms with Crippen molar-refractivity contribution < 1.29 is 28.3 Å².